The molecule has 0 aromatic heterocycles. The van der Waals surface area contributed by atoms with Crippen molar-refractivity contribution in [2.75, 3.05) is 45.2 Å². The van der Waals surface area contributed by atoms with Gasteiger partial charge in [0.05, 0.1) is 25.1 Å². The molecule has 1 N–H and O–H groups in total. The van der Waals surface area contributed by atoms with E-state index in [4.69, 9.17) is 4.74 Å². The first-order valence-electron chi connectivity index (χ1n) is 12.9. The van der Waals surface area contributed by atoms with Gasteiger partial charge in [0.15, 0.2) is 0 Å². The first kappa shape index (κ1) is 29.7. The number of hydrogen-bond acceptors (Lipinski definition) is 6. The first-order chi connectivity index (χ1) is 19.6. The topological polar surface area (TPSA) is 116 Å². The lowest BCUT2D eigenvalue weighted by molar-refractivity contribution is -0.139. The van der Waals surface area contributed by atoms with Crippen molar-refractivity contribution in [3.63, 3.8) is 0 Å². The summed E-state index contributed by atoms with van der Waals surface area (Å²) in [4.78, 5) is 42.0. The Kier molecular flexibility index (Phi) is 9.35. The Morgan fingerprint density at radius 2 is 1.66 bits per heavy atom. The number of methoxy groups -OCH3 is 1. The third kappa shape index (κ3) is 7.27. The number of piperazine rings is 1. The maximum atomic E-state index is 13.5. The monoisotopic (exact) mass is 582 g/mol. The Morgan fingerprint density at radius 1 is 1.00 bits per heavy atom. The highest BCUT2D eigenvalue weighted by atomic mass is 32.2. The summed E-state index contributed by atoms with van der Waals surface area (Å²) in [6.45, 7) is -0.852. The molecule has 1 fully saturated rings. The summed E-state index contributed by atoms with van der Waals surface area (Å²) < 4.78 is 45.2. The lowest BCUT2D eigenvalue weighted by Gasteiger charge is -2.33. The second kappa shape index (κ2) is 12.9. The number of likely N-dealkylation sites (N-methyl/N-ethyl adjacent to an activating group) is 1. The van der Waals surface area contributed by atoms with Gasteiger partial charge in [-0.1, -0.05) is 30.3 Å². The van der Waals surface area contributed by atoms with Crippen molar-refractivity contribution >= 4 is 33.4 Å². The van der Waals surface area contributed by atoms with E-state index in [1.165, 1.54) is 9.80 Å². The highest BCUT2D eigenvalue weighted by molar-refractivity contribution is 7.89. The van der Waals surface area contributed by atoms with E-state index in [1.807, 2.05) is 30.3 Å². The van der Waals surface area contributed by atoms with Gasteiger partial charge in [-0.15, -0.1) is 0 Å². The Morgan fingerprint density at radius 3 is 2.27 bits per heavy atom. The van der Waals surface area contributed by atoms with E-state index < -0.39 is 40.2 Å². The van der Waals surface area contributed by atoms with Crippen LogP contribution in [0, 0.1) is 5.82 Å². The fourth-order valence-electron chi connectivity index (χ4n) is 4.44. The molecule has 216 valence electrons. The molecule has 3 aromatic rings. The number of nitrogens with one attached hydrogen (secondary N) is 1. The molecule has 12 heteroatoms. The molecular weight excluding hydrogens is 551 g/mol. The van der Waals surface area contributed by atoms with Gasteiger partial charge in [0.1, 0.15) is 17.6 Å². The molecular formula is C29H31FN4O6S. The lowest BCUT2D eigenvalue weighted by atomic mass is 10.0. The van der Waals surface area contributed by atoms with Crippen molar-refractivity contribution in [1.29, 1.82) is 0 Å². The van der Waals surface area contributed by atoms with E-state index in [0.717, 1.165) is 34.1 Å². The van der Waals surface area contributed by atoms with Crippen LogP contribution in [0.3, 0.4) is 0 Å². The molecule has 1 unspecified atom stereocenters. The molecule has 0 bridgehead atoms. The maximum Gasteiger partial charge on any atom is 0.249 e. The molecule has 1 heterocycles. The van der Waals surface area contributed by atoms with E-state index >= 15 is 0 Å². The van der Waals surface area contributed by atoms with E-state index in [1.54, 1.807) is 38.4 Å². The summed E-state index contributed by atoms with van der Waals surface area (Å²) in [5.41, 5.74) is 1.45. The minimum absolute atomic E-state index is 0.0181. The third-order valence-electron chi connectivity index (χ3n) is 6.78. The number of halogens is 1. The second-order valence-corrected chi connectivity index (χ2v) is 11.5. The predicted octanol–water partition coefficient (Wildman–Crippen LogP) is 2.06. The zero-order valence-corrected chi connectivity index (χ0v) is 23.5. The van der Waals surface area contributed by atoms with Gasteiger partial charge in [-0.2, -0.15) is 4.31 Å². The molecule has 0 radical (unpaired) electrons. The molecule has 1 aliphatic heterocycles. The number of sulfonamides is 1. The normalized spacial score (nSPS) is 14.8. The van der Waals surface area contributed by atoms with E-state index in [0.29, 0.717) is 11.4 Å². The average molecular weight is 583 g/mol. The number of anilines is 1. The fourth-order valence-corrected chi connectivity index (χ4v) is 5.83. The van der Waals surface area contributed by atoms with Gasteiger partial charge in [0, 0.05) is 32.2 Å². The average Bonchev–Trinajstić information content (AvgIpc) is 2.98. The van der Waals surface area contributed by atoms with Crippen LogP contribution in [0.25, 0.3) is 0 Å². The molecule has 41 heavy (non-hydrogen) atoms. The first-order valence-corrected chi connectivity index (χ1v) is 14.3. The van der Waals surface area contributed by atoms with Crippen molar-refractivity contribution in [2.24, 2.45) is 0 Å². The van der Waals surface area contributed by atoms with Crippen LogP contribution >= 0.6 is 0 Å². The zero-order chi connectivity index (χ0) is 29.6. The third-order valence-corrected chi connectivity index (χ3v) is 8.64. The molecule has 1 atom stereocenters. The van der Waals surface area contributed by atoms with Crippen LogP contribution in [0.4, 0.5) is 10.1 Å². The van der Waals surface area contributed by atoms with Gasteiger partial charge in [0.25, 0.3) is 0 Å². The number of benzene rings is 3. The summed E-state index contributed by atoms with van der Waals surface area (Å²) >= 11 is 0. The molecule has 0 aliphatic carbocycles. The lowest BCUT2D eigenvalue weighted by Crippen LogP contribution is -2.56. The number of ether oxygens (including phenoxy) is 1. The minimum Gasteiger partial charge on any atom is -0.497 e. The summed E-state index contributed by atoms with van der Waals surface area (Å²) in [5.74, 6) is -1.40. The van der Waals surface area contributed by atoms with Crippen molar-refractivity contribution in [3.05, 3.63) is 90.2 Å². The van der Waals surface area contributed by atoms with Crippen LogP contribution in [-0.2, 0) is 30.8 Å². The Hall–Kier alpha value is -4.29. The Labute approximate surface area is 238 Å². The molecule has 1 saturated heterocycles. The number of nitrogens with zero attached hydrogens (tertiary/aromatic N) is 3. The molecule has 1 aliphatic rings. The van der Waals surface area contributed by atoms with Gasteiger partial charge in [-0.25, -0.2) is 12.8 Å². The van der Waals surface area contributed by atoms with Crippen LogP contribution in [0.5, 0.6) is 5.75 Å². The van der Waals surface area contributed by atoms with Crippen molar-refractivity contribution in [2.45, 2.75) is 17.4 Å². The molecule has 10 nitrogen and oxygen atoms in total. The van der Waals surface area contributed by atoms with Crippen molar-refractivity contribution < 1.29 is 31.9 Å². The van der Waals surface area contributed by atoms with Gasteiger partial charge in [-0.3, -0.25) is 14.4 Å². The predicted molar refractivity (Wildman–Crippen MR) is 150 cm³/mol. The molecule has 4 rings (SSSR count). The summed E-state index contributed by atoms with van der Waals surface area (Å²) in [5, 5.41) is 2.76. The molecule has 0 spiro atoms. The van der Waals surface area contributed by atoms with Crippen LogP contribution in [-0.4, -0.2) is 81.7 Å². The largest absolute Gasteiger partial charge is 0.497 e. The number of amides is 3. The highest BCUT2D eigenvalue weighted by Crippen LogP contribution is 2.20. The van der Waals surface area contributed by atoms with Gasteiger partial charge >= 0.3 is 0 Å². The number of carbonyl (C=O) groups excluding carboxylic acids is 3. The van der Waals surface area contributed by atoms with Crippen LogP contribution in [0.1, 0.15) is 5.56 Å². The second-order valence-electron chi connectivity index (χ2n) is 9.51. The number of rotatable bonds is 10. The molecule has 3 amide bonds. The Bertz CT molecular complexity index is 1480. The fraction of sp³-hybridized carbons (Fsp3) is 0.276. The van der Waals surface area contributed by atoms with Crippen molar-refractivity contribution in [3.8, 4) is 5.75 Å². The summed E-state index contributed by atoms with van der Waals surface area (Å²) in [7, 11) is -0.853. The van der Waals surface area contributed by atoms with Gasteiger partial charge in [0.2, 0.25) is 27.7 Å². The standard InChI is InChI=1S/C29H31FN4O6S/c1-32(23-10-12-24(40-2)13-11-23)29(37)26(18-21-6-4-3-5-7-21)31-27(35)19-33-16-17-34(20-28(33)36)41(38,39)25-14-8-22(30)9-15-25/h3-15,26H,16-20H2,1-2H3,(H,31,35). The van der Waals surface area contributed by atoms with E-state index in [2.05, 4.69) is 5.32 Å². The van der Waals surface area contributed by atoms with E-state index in [-0.39, 0.29) is 36.9 Å². The number of hydrogen-bond donors (Lipinski definition) is 1. The smallest absolute Gasteiger partial charge is 0.249 e. The van der Waals surface area contributed by atoms with Gasteiger partial charge in [-0.05, 0) is 54.1 Å². The van der Waals surface area contributed by atoms with Crippen LogP contribution in [0.2, 0.25) is 0 Å². The van der Waals surface area contributed by atoms with Crippen LogP contribution in [0.15, 0.2) is 83.8 Å². The molecule has 0 saturated carbocycles. The highest BCUT2D eigenvalue weighted by Gasteiger charge is 2.34. The quantitative estimate of drug-likeness (QED) is 0.391. The maximum absolute atomic E-state index is 13.5. The van der Waals surface area contributed by atoms with Crippen LogP contribution < -0.4 is 15.0 Å². The van der Waals surface area contributed by atoms with Gasteiger partial charge < -0.3 is 19.9 Å². The SMILES string of the molecule is COc1ccc(N(C)C(=O)C(Cc2ccccc2)NC(=O)CN2CCN(S(=O)(=O)c3ccc(F)cc3)CC2=O)cc1. The zero-order valence-electron chi connectivity index (χ0n) is 22.7. The Balaban J connectivity index is 1.42. The number of carbonyl (C=O) groups is 3. The van der Waals surface area contributed by atoms with E-state index in [9.17, 15) is 27.2 Å². The summed E-state index contributed by atoms with van der Waals surface area (Å²) in [6, 6.07) is 19.6. The molecule has 3 aromatic carbocycles. The summed E-state index contributed by atoms with van der Waals surface area (Å²) in [6.07, 6.45) is 0.226. The minimum atomic E-state index is -4.01. The van der Waals surface area contributed by atoms with Crippen molar-refractivity contribution in [1.82, 2.24) is 14.5 Å².